The maximum Gasteiger partial charge on any atom is 0.265 e. The number of hydrogen-bond acceptors (Lipinski definition) is 4. The topological polar surface area (TPSA) is 80.6 Å². The highest BCUT2D eigenvalue weighted by atomic mass is 16.5. The van der Waals surface area contributed by atoms with Gasteiger partial charge in [0.2, 0.25) is 5.91 Å². The van der Waals surface area contributed by atoms with Crippen LogP contribution in [0.1, 0.15) is 11.1 Å². The number of nitrogens with zero attached hydrogens (tertiary/aromatic N) is 2. The molecule has 152 valence electrons. The van der Waals surface area contributed by atoms with Gasteiger partial charge in [-0.2, -0.15) is 0 Å². The van der Waals surface area contributed by atoms with Crippen molar-refractivity contribution in [3.05, 3.63) is 94.4 Å². The summed E-state index contributed by atoms with van der Waals surface area (Å²) in [5, 5.41) is 2.85. The fourth-order valence-corrected chi connectivity index (χ4v) is 3.28. The second-order valence-corrected chi connectivity index (χ2v) is 7.00. The molecule has 0 unspecified atom stereocenters. The van der Waals surface area contributed by atoms with Crippen LogP contribution in [0.2, 0.25) is 0 Å². The molecule has 0 spiro atoms. The van der Waals surface area contributed by atoms with Gasteiger partial charge in [0.15, 0.2) is 6.61 Å². The van der Waals surface area contributed by atoms with Gasteiger partial charge in [-0.1, -0.05) is 42.5 Å². The van der Waals surface area contributed by atoms with Crippen LogP contribution < -0.4 is 20.5 Å². The van der Waals surface area contributed by atoms with Crippen LogP contribution in [0.4, 0.5) is 5.69 Å². The molecule has 0 bridgehead atoms. The molecular formula is C23H21N3O4. The number of para-hydroxylation sites is 2. The Morgan fingerprint density at radius 2 is 1.67 bits per heavy atom. The summed E-state index contributed by atoms with van der Waals surface area (Å²) in [7, 11) is 0. The van der Waals surface area contributed by atoms with Crippen LogP contribution in [-0.2, 0) is 22.7 Å². The Labute approximate surface area is 173 Å². The van der Waals surface area contributed by atoms with Gasteiger partial charge in [0.05, 0.1) is 12.2 Å². The first kappa shape index (κ1) is 19.4. The molecule has 1 aliphatic heterocycles. The SMILES string of the molecule is O=C(CN1C(=O)COc2ccccc21)NCc1ccc(Cn2ccccc2=O)cc1. The van der Waals surface area contributed by atoms with E-state index in [1.54, 1.807) is 35.0 Å². The van der Waals surface area contributed by atoms with Gasteiger partial charge in [-0.15, -0.1) is 0 Å². The second kappa shape index (κ2) is 8.65. The van der Waals surface area contributed by atoms with E-state index in [1.165, 1.54) is 11.0 Å². The second-order valence-electron chi connectivity index (χ2n) is 7.00. The van der Waals surface area contributed by atoms with Crippen molar-refractivity contribution in [2.75, 3.05) is 18.1 Å². The van der Waals surface area contributed by atoms with E-state index in [4.69, 9.17) is 4.74 Å². The first-order valence-corrected chi connectivity index (χ1v) is 9.62. The fraction of sp³-hybridized carbons (Fsp3) is 0.174. The van der Waals surface area contributed by atoms with Gasteiger partial charge in [-0.25, -0.2) is 0 Å². The summed E-state index contributed by atoms with van der Waals surface area (Å²) in [6.45, 7) is 0.708. The number of pyridine rings is 1. The van der Waals surface area contributed by atoms with Crippen molar-refractivity contribution in [1.29, 1.82) is 0 Å². The quantitative estimate of drug-likeness (QED) is 0.682. The summed E-state index contributed by atoms with van der Waals surface area (Å²) in [4.78, 5) is 37.8. The number of fused-ring (bicyclic) bond motifs is 1. The standard InChI is InChI=1S/C23H21N3O4/c27-21(15-26-19-5-1-2-6-20(19)30-16-23(26)29)24-13-17-8-10-18(11-9-17)14-25-12-4-3-7-22(25)28/h1-12H,13-16H2,(H,24,27). The van der Waals surface area contributed by atoms with Crippen molar-refractivity contribution in [2.24, 2.45) is 0 Å². The molecular weight excluding hydrogens is 382 g/mol. The van der Waals surface area contributed by atoms with E-state index in [1.807, 2.05) is 36.4 Å². The predicted molar refractivity (Wildman–Crippen MR) is 112 cm³/mol. The maximum atomic E-state index is 12.4. The molecule has 30 heavy (non-hydrogen) atoms. The molecule has 7 heteroatoms. The van der Waals surface area contributed by atoms with Crippen LogP contribution in [0, 0.1) is 0 Å². The number of rotatable bonds is 6. The lowest BCUT2D eigenvalue weighted by molar-refractivity contribution is -0.125. The normalized spacial score (nSPS) is 12.8. The molecule has 2 amide bonds. The number of hydrogen-bond donors (Lipinski definition) is 1. The van der Waals surface area contributed by atoms with E-state index in [-0.39, 0.29) is 30.5 Å². The molecule has 1 aromatic heterocycles. The molecule has 7 nitrogen and oxygen atoms in total. The summed E-state index contributed by atoms with van der Waals surface area (Å²) in [6, 6.07) is 19.9. The smallest absolute Gasteiger partial charge is 0.265 e. The third kappa shape index (κ3) is 4.41. The molecule has 4 rings (SSSR count). The van der Waals surface area contributed by atoms with E-state index >= 15 is 0 Å². The Morgan fingerprint density at radius 3 is 2.47 bits per heavy atom. The highest BCUT2D eigenvalue weighted by Crippen LogP contribution is 2.31. The molecule has 1 N–H and O–H groups in total. The Kier molecular flexibility index (Phi) is 5.61. The van der Waals surface area contributed by atoms with Crippen molar-refractivity contribution in [2.45, 2.75) is 13.1 Å². The van der Waals surface area contributed by atoms with Crippen LogP contribution >= 0.6 is 0 Å². The first-order chi connectivity index (χ1) is 14.6. The monoisotopic (exact) mass is 403 g/mol. The minimum Gasteiger partial charge on any atom is -0.482 e. The van der Waals surface area contributed by atoms with Crippen molar-refractivity contribution in [3.8, 4) is 5.75 Å². The van der Waals surface area contributed by atoms with E-state index in [9.17, 15) is 14.4 Å². The lowest BCUT2D eigenvalue weighted by Crippen LogP contribution is -2.45. The van der Waals surface area contributed by atoms with Gasteiger partial charge >= 0.3 is 0 Å². The highest BCUT2D eigenvalue weighted by molar-refractivity contribution is 6.02. The zero-order chi connectivity index (χ0) is 20.9. The van der Waals surface area contributed by atoms with Gasteiger partial charge in [0, 0.05) is 18.8 Å². The number of benzene rings is 2. The van der Waals surface area contributed by atoms with Crippen LogP contribution in [-0.4, -0.2) is 29.5 Å². The van der Waals surface area contributed by atoms with Crippen molar-refractivity contribution in [3.63, 3.8) is 0 Å². The number of ether oxygens (including phenoxy) is 1. The summed E-state index contributed by atoms with van der Waals surface area (Å²) in [6.07, 6.45) is 1.75. The van der Waals surface area contributed by atoms with Gasteiger partial charge in [-0.3, -0.25) is 19.3 Å². The zero-order valence-electron chi connectivity index (χ0n) is 16.3. The minimum atomic E-state index is -0.250. The Hall–Kier alpha value is -3.87. The minimum absolute atomic E-state index is 0.0481. The van der Waals surface area contributed by atoms with E-state index in [0.717, 1.165) is 11.1 Å². The highest BCUT2D eigenvalue weighted by Gasteiger charge is 2.26. The summed E-state index contributed by atoms with van der Waals surface area (Å²) in [5.41, 5.74) is 2.48. The Balaban J connectivity index is 1.34. The lowest BCUT2D eigenvalue weighted by Gasteiger charge is -2.28. The first-order valence-electron chi connectivity index (χ1n) is 9.62. The van der Waals surface area contributed by atoms with Crippen LogP contribution in [0.5, 0.6) is 5.75 Å². The number of nitrogens with one attached hydrogen (secondary N) is 1. The maximum absolute atomic E-state index is 12.4. The summed E-state index contributed by atoms with van der Waals surface area (Å²) in [5.74, 6) is 0.0994. The van der Waals surface area contributed by atoms with Gasteiger partial charge in [0.25, 0.3) is 11.5 Å². The molecule has 0 saturated heterocycles. The van der Waals surface area contributed by atoms with Crippen LogP contribution in [0.3, 0.4) is 0 Å². The third-order valence-electron chi connectivity index (χ3n) is 4.87. The molecule has 0 atom stereocenters. The lowest BCUT2D eigenvalue weighted by atomic mass is 10.1. The van der Waals surface area contributed by atoms with Gasteiger partial charge in [0.1, 0.15) is 12.3 Å². The summed E-state index contributed by atoms with van der Waals surface area (Å²) >= 11 is 0. The summed E-state index contributed by atoms with van der Waals surface area (Å²) < 4.78 is 7.03. The van der Waals surface area contributed by atoms with Crippen LogP contribution in [0.15, 0.2) is 77.7 Å². The number of aromatic nitrogens is 1. The molecule has 0 saturated carbocycles. The number of amides is 2. The van der Waals surface area contributed by atoms with Crippen molar-refractivity contribution >= 4 is 17.5 Å². The number of carbonyl (C=O) groups is 2. The molecule has 0 fully saturated rings. The fourth-order valence-electron chi connectivity index (χ4n) is 3.28. The van der Waals surface area contributed by atoms with Crippen molar-refractivity contribution in [1.82, 2.24) is 9.88 Å². The molecule has 0 radical (unpaired) electrons. The van der Waals surface area contributed by atoms with Crippen LogP contribution in [0.25, 0.3) is 0 Å². The molecule has 2 aromatic carbocycles. The predicted octanol–water partition coefficient (Wildman–Crippen LogP) is 1.94. The van der Waals surface area contributed by atoms with E-state index < -0.39 is 0 Å². The Bertz CT molecular complexity index is 1120. The van der Waals surface area contributed by atoms with E-state index in [0.29, 0.717) is 24.5 Å². The van der Waals surface area contributed by atoms with Crippen molar-refractivity contribution < 1.29 is 14.3 Å². The third-order valence-corrected chi connectivity index (χ3v) is 4.87. The molecule has 2 heterocycles. The number of carbonyl (C=O) groups excluding carboxylic acids is 2. The van der Waals surface area contributed by atoms with Gasteiger partial charge < -0.3 is 14.6 Å². The largest absolute Gasteiger partial charge is 0.482 e. The van der Waals surface area contributed by atoms with Gasteiger partial charge in [-0.05, 0) is 29.3 Å². The molecule has 1 aliphatic rings. The Morgan fingerprint density at radius 1 is 0.933 bits per heavy atom. The average molecular weight is 403 g/mol. The van der Waals surface area contributed by atoms with E-state index in [2.05, 4.69) is 5.32 Å². The molecule has 3 aromatic rings. The number of anilines is 1. The average Bonchev–Trinajstić information content (AvgIpc) is 2.77. The zero-order valence-corrected chi connectivity index (χ0v) is 16.3. The molecule has 0 aliphatic carbocycles.